The molecule has 0 spiro atoms. The van der Waals surface area contributed by atoms with E-state index in [1.54, 1.807) is 57.4 Å². The smallest absolute Gasteiger partial charge is 0.312 e. The van der Waals surface area contributed by atoms with E-state index in [1.165, 1.54) is 0 Å². The summed E-state index contributed by atoms with van der Waals surface area (Å²) < 4.78 is 10.4. The molecule has 0 heterocycles. The fourth-order valence-electron chi connectivity index (χ4n) is 3.11. The summed E-state index contributed by atoms with van der Waals surface area (Å²) in [7, 11) is 1.56. The van der Waals surface area contributed by atoms with Crippen molar-refractivity contribution >= 4 is 17.9 Å². The van der Waals surface area contributed by atoms with Crippen molar-refractivity contribution in [1.82, 2.24) is 10.6 Å². The lowest BCUT2D eigenvalue weighted by Gasteiger charge is -2.22. The lowest BCUT2D eigenvalue weighted by Crippen LogP contribution is -2.38. The summed E-state index contributed by atoms with van der Waals surface area (Å²) in [6.07, 6.45) is -0.337. The molecule has 2 atom stereocenters. The third kappa shape index (κ3) is 8.00. The number of amides is 3. The first-order valence-corrected chi connectivity index (χ1v) is 10.0. The maximum atomic E-state index is 12.8. The maximum Gasteiger partial charge on any atom is 0.312 e. The molecule has 0 fully saturated rings. The summed E-state index contributed by atoms with van der Waals surface area (Å²) in [4.78, 5) is 36.5. The maximum absolute atomic E-state index is 12.8. The number of carbonyl (C=O) groups is 3. The number of hydrogen-bond acceptors (Lipinski definition) is 5. The number of methoxy groups -OCH3 is 1. The van der Waals surface area contributed by atoms with Gasteiger partial charge in [-0.15, -0.1) is 0 Å². The largest absolute Gasteiger partial charge is 0.497 e. The van der Waals surface area contributed by atoms with E-state index >= 15 is 0 Å². The summed E-state index contributed by atoms with van der Waals surface area (Å²) in [6, 6.07) is 14.2. The van der Waals surface area contributed by atoms with Gasteiger partial charge < -0.3 is 25.8 Å². The molecule has 0 aliphatic heterocycles. The van der Waals surface area contributed by atoms with Crippen LogP contribution in [-0.4, -0.2) is 31.1 Å². The van der Waals surface area contributed by atoms with Crippen molar-refractivity contribution in [3.05, 3.63) is 65.7 Å². The topological polar surface area (TPSA) is 120 Å². The summed E-state index contributed by atoms with van der Waals surface area (Å²) in [6.45, 7) is 3.53. The van der Waals surface area contributed by atoms with Crippen molar-refractivity contribution in [2.45, 2.75) is 44.9 Å². The van der Waals surface area contributed by atoms with Crippen LogP contribution >= 0.6 is 0 Å². The summed E-state index contributed by atoms with van der Waals surface area (Å²) in [5.41, 5.74) is 6.76. The molecule has 4 N–H and O–H groups in total. The molecule has 0 bridgehead atoms. The quantitative estimate of drug-likeness (QED) is 0.504. The number of rotatable bonds is 10. The number of esters is 1. The molecule has 2 aromatic rings. The van der Waals surface area contributed by atoms with Crippen LogP contribution in [0.15, 0.2) is 54.6 Å². The van der Waals surface area contributed by atoms with Gasteiger partial charge in [0.1, 0.15) is 5.75 Å². The van der Waals surface area contributed by atoms with E-state index in [0.717, 1.165) is 11.1 Å². The van der Waals surface area contributed by atoms with E-state index < -0.39 is 24.1 Å². The summed E-state index contributed by atoms with van der Waals surface area (Å²) in [5, 5.41) is 5.47. The fraction of sp³-hybridized carbons (Fsp3) is 0.348. The predicted octanol–water partition coefficient (Wildman–Crippen LogP) is 2.99. The zero-order chi connectivity index (χ0) is 22.8. The number of primary amides is 1. The van der Waals surface area contributed by atoms with Gasteiger partial charge in [-0.05, 0) is 37.1 Å². The second-order valence-electron chi connectivity index (χ2n) is 7.31. The van der Waals surface area contributed by atoms with Crippen LogP contribution in [0.5, 0.6) is 5.75 Å². The van der Waals surface area contributed by atoms with Gasteiger partial charge in [0.05, 0.1) is 38.1 Å². The highest BCUT2D eigenvalue weighted by molar-refractivity contribution is 5.80. The van der Waals surface area contributed by atoms with Gasteiger partial charge in [-0.2, -0.15) is 0 Å². The molecule has 0 radical (unpaired) electrons. The molecule has 31 heavy (non-hydrogen) atoms. The molecule has 8 heteroatoms. The van der Waals surface area contributed by atoms with Gasteiger partial charge in [-0.1, -0.05) is 42.5 Å². The average molecular weight is 428 g/mol. The first-order valence-electron chi connectivity index (χ1n) is 10.0. The molecule has 0 saturated carbocycles. The Balaban J connectivity index is 2.17. The molecular formula is C23H29N3O5. The normalized spacial score (nSPS) is 12.5. The fourth-order valence-corrected chi connectivity index (χ4v) is 3.11. The lowest BCUT2D eigenvalue weighted by atomic mass is 10.0. The Morgan fingerprint density at radius 3 is 2.00 bits per heavy atom. The predicted molar refractivity (Wildman–Crippen MR) is 116 cm³/mol. The number of nitrogens with one attached hydrogen (secondary N) is 2. The van der Waals surface area contributed by atoms with Crippen LogP contribution in [0.3, 0.4) is 0 Å². The Morgan fingerprint density at radius 2 is 1.45 bits per heavy atom. The molecule has 166 valence electrons. The number of nitrogens with two attached hydrogens (primary N) is 1. The van der Waals surface area contributed by atoms with E-state index in [9.17, 15) is 14.4 Å². The molecule has 2 rings (SSSR count). The van der Waals surface area contributed by atoms with Crippen molar-refractivity contribution in [3.63, 3.8) is 0 Å². The zero-order valence-corrected chi connectivity index (χ0v) is 18.0. The SMILES string of the molecule is COc1ccc([C@@H](CC(=O)OC(C)C)NC(=O)C[C@@H](NC(N)=O)c2ccccc2)cc1. The number of benzene rings is 2. The molecule has 3 amide bonds. The number of urea groups is 1. The Bertz CT molecular complexity index is 869. The second-order valence-corrected chi connectivity index (χ2v) is 7.31. The van der Waals surface area contributed by atoms with Gasteiger partial charge in [0.25, 0.3) is 0 Å². The van der Waals surface area contributed by atoms with Crippen LogP contribution in [0, 0.1) is 0 Å². The number of carbonyl (C=O) groups excluding carboxylic acids is 3. The Morgan fingerprint density at radius 1 is 0.871 bits per heavy atom. The molecular weight excluding hydrogens is 398 g/mol. The first kappa shape index (κ1) is 23.7. The minimum Gasteiger partial charge on any atom is -0.497 e. The van der Waals surface area contributed by atoms with Gasteiger partial charge in [0.15, 0.2) is 0 Å². The highest BCUT2D eigenvalue weighted by Gasteiger charge is 2.23. The van der Waals surface area contributed by atoms with E-state index in [1.807, 2.05) is 18.2 Å². The number of hydrogen-bond donors (Lipinski definition) is 3. The Kier molecular flexibility index (Phi) is 8.87. The number of ether oxygens (including phenoxy) is 2. The van der Waals surface area contributed by atoms with Crippen LogP contribution in [0.4, 0.5) is 4.79 Å². The van der Waals surface area contributed by atoms with E-state index in [0.29, 0.717) is 5.75 Å². The molecule has 0 aliphatic carbocycles. The monoisotopic (exact) mass is 427 g/mol. The van der Waals surface area contributed by atoms with Crippen molar-refractivity contribution in [1.29, 1.82) is 0 Å². The van der Waals surface area contributed by atoms with Crippen molar-refractivity contribution in [2.75, 3.05) is 7.11 Å². The van der Waals surface area contributed by atoms with Crippen LogP contribution in [0.25, 0.3) is 0 Å². The second kappa shape index (κ2) is 11.6. The third-order valence-corrected chi connectivity index (χ3v) is 4.50. The van der Waals surface area contributed by atoms with Crippen molar-refractivity contribution in [2.24, 2.45) is 5.73 Å². The molecule has 0 unspecified atom stereocenters. The summed E-state index contributed by atoms with van der Waals surface area (Å²) in [5.74, 6) is -0.111. The minimum absolute atomic E-state index is 0.0322. The van der Waals surface area contributed by atoms with Gasteiger partial charge >= 0.3 is 12.0 Å². The molecule has 2 aromatic carbocycles. The first-order chi connectivity index (χ1) is 14.8. The summed E-state index contributed by atoms with van der Waals surface area (Å²) >= 11 is 0. The van der Waals surface area contributed by atoms with Crippen LogP contribution in [-0.2, 0) is 14.3 Å². The molecule has 0 aliphatic rings. The van der Waals surface area contributed by atoms with Gasteiger partial charge in [0, 0.05) is 0 Å². The zero-order valence-electron chi connectivity index (χ0n) is 18.0. The molecule has 0 saturated heterocycles. The Labute approximate surface area is 182 Å². The van der Waals surface area contributed by atoms with Gasteiger partial charge in [-0.3, -0.25) is 9.59 Å². The van der Waals surface area contributed by atoms with Crippen LogP contribution in [0.2, 0.25) is 0 Å². The minimum atomic E-state index is -0.728. The average Bonchev–Trinajstić information content (AvgIpc) is 2.72. The molecule has 0 aromatic heterocycles. The lowest BCUT2D eigenvalue weighted by molar-refractivity contribution is -0.148. The van der Waals surface area contributed by atoms with Gasteiger partial charge in [0.2, 0.25) is 5.91 Å². The van der Waals surface area contributed by atoms with E-state index in [4.69, 9.17) is 15.2 Å². The Hall–Kier alpha value is -3.55. The van der Waals surface area contributed by atoms with Crippen LogP contribution in [0.1, 0.15) is 49.9 Å². The standard InChI is InChI=1S/C23H29N3O5/c1-15(2)31-22(28)14-20(17-9-11-18(30-3)12-10-17)25-21(27)13-19(26-23(24)29)16-7-5-4-6-8-16/h4-12,15,19-20H,13-14H2,1-3H3,(H,25,27)(H3,24,26,29)/t19-,20-/m1/s1. The highest BCUT2D eigenvalue weighted by atomic mass is 16.5. The van der Waals surface area contributed by atoms with Crippen molar-refractivity contribution < 1.29 is 23.9 Å². The van der Waals surface area contributed by atoms with Crippen LogP contribution < -0.4 is 21.1 Å². The highest BCUT2D eigenvalue weighted by Crippen LogP contribution is 2.23. The van der Waals surface area contributed by atoms with Crippen molar-refractivity contribution in [3.8, 4) is 5.75 Å². The third-order valence-electron chi connectivity index (χ3n) is 4.50. The van der Waals surface area contributed by atoms with E-state index in [2.05, 4.69) is 10.6 Å². The van der Waals surface area contributed by atoms with Gasteiger partial charge in [-0.25, -0.2) is 4.79 Å². The van der Waals surface area contributed by atoms with E-state index in [-0.39, 0.29) is 24.9 Å². The molecule has 8 nitrogen and oxygen atoms in total.